The van der Waals surface area contributed by atoms with E-state index < -0.39 is 0 Å². The van der Waals surface area contributed by atoms with Crippen molar-refractivity contribution < 1.29 is 4.74 Å². The molecule has 5 heteroatoms. The monoisotopic (exact) mass is 288 g/mol. The fourth-order valence-corrected chi connectivity index (χ4v) is 1.97. The van der Waals surface area contributed by atoms with Gasteiger partial charge in [0, 0.05) is 19.2 Å². The van der Waals surface area contributed by atoms with Gasteiger partial charge in [0.05, 0.1) is 18.1 Å². The van der Waals surface area contributed by atoms with E-state index in [0.29, 0.717) is 11.8 Å². The maximum absolute atomic E-state index is 5.75. The summed E-state index contributed by atoms with van der Waals surface area (Å²) in [5.74, 6) is 1.96. The van der Waals surface area contributed by atoms with E-state index in [9.17, 15) is 0 Å². The Kier molecular flexibility index (Phi) is 5.75. The van der Waals surface area contributed by atoms with E-state index in [0.717, 1.165) is 37.5 Å². The summed E-state index contributed by atoms with van der Waals surface area (Å²) in [6.07, 6.45) is 4.67. The molecule has 0 amide bonds. The van der Waals surface area contributed by atoms with Crippen molar-refractivity contribution in [2.45, 2.75) is 40.3 Å². The molecule has 0 atom stereocenters. The molecular weight excluding hydrogens is 264 g/mol. The molecule has 1 N–H and O–H groups in total. The predicted octanol–water partition coefficient (Wildman–Crippen LogP) is 3.23. The van der Waals surface area contributed by atoms with Crippen LogP contribution in [0.3, 0.4) is 0 Å². The molecule has 0 bridgehead atoms. The SMILES string of the molecule is CCCn1cc(Oc2cccc(CNCC(C)C)n2)cn1. The van der Waals surface area contributed by atoms with Gasteiger partial charge in [-0.15, -0.1) is 0 Å². The zero-order chi connectivity index (χ0) is 15.1. The van der Waals surface area contributed by atoms with Gasteiger partial charge in [0.25, 0.3) is 0 Å². The van der Waals surface area contributed by atoms with Gasteiger partial charge >= 0.3 is 0 Å². The van der Waals surface area contributed by atoms with Crippen LogP contribution >= 0.6 is 0 Å². The van der Waals surface area contributed by atoms with Gasteiger partial charge in [-0.05, 0) is 24.9 Å². The van der Waals surface area contributed by atoms with Crippen molar-refractivity contribution in [2.24, 2.45) is 5.92 Å². The summed E-state index contributed by atoms with van der Waals surface area (Å²) in [7, 11) is 0. The van der Waals surface area contributed by atoms with Crippen molar-refractivity contribution in [3.8, 4) is 11.6 Å². The van der Waals surface area contributed by atoms with Crippen LogP contribution in [-0.4, -0.2) is 21.3 Å². The van der Waals surface area contributed by atoms with Gasteiger partial charge in [-0.1, -0.05) is 26.8 Å². The third kappa shape index (κ3) is 5.19. The maximum atomic E-state index is 5.75. The molecule has 2 heterocycles. The van der Waals surface area contributed by atoms with E-state index in [2.05, 4.69) is 36.2 Å². The molecule has 0 unspecified atom stereocenters. The molecule has 0 saturated heterocycles. The predicted molar refractivity (Wildman–Crippen MR) is 83.4 cm³/mol. The molecule has 0 fully saturated rings. The van der Waals surface area contributed by atoms with Crippen LogP contribution in [0.15, 0.2) is 30.6 Å². The van der Waals surface area contributed by atoms with Crippen molar-refractivity contribution in [3.63, 3.8) is 0 Å². The van der Waals surface area contributed by atoms with Crippen LogP contribution in [-0.2, 0) is 13.1 Å². The molecule has 0 aliphatic carbocycles. The molecule has 5 nitrogen and oxygen atoms in total. The zero-order valence-electron chi connectivity index (χ0n) is 13.0. The molecule has 0 aromatic carbocycles. The van der Waals surface area contributed by atoms with Crippen LogP contribution in [0, 0.1) is 5.92 Å². The Bertz CT molecular complexity index is 551. The average molecular weight is 288 g/mol. The van der Waals surface area contributed by atoms with Gasteiger partial charge in [0.1, 0.15) is 0 Å². The molecule has 0 aliphatic rings. The lowest BCUT2D eigenvalue weighted by Crippen LogP contribution is -2.19. The number of aromatic nitrogens is 3. The van der Waals surface area contributed by atoms with Crippen LogP contribution in [0.1, 0.15) is 32.9 Å². The van der Waals surface area contributed by atoms with E-state index in [1.54, 1.807) is 6.20 Å². The number of hydrogen-bond acceptors (Lipinski definition) is 4. The maximum Gasteiger partial charge on any atom is 0.219 e. The molecular formula is C16H24N4O. The second-order valence-electron chi connectivity index (χ2n) is 5.53. The van der Waals surface area contributed by atoms with Crippen molar-refractivity contribution in [3.05, 3.63) is 36.3 Å². The van der Waals surface area contributed by atoms with Crippen LogP contribution < -0.4 is 10.1 Å². The van der Waals surface area contributed by atoms with Gasteiger partial charge in [-0.3, -0.25) is 4.68 Å². The Morgan fingerprint density at radius 2 is 2.19 bits per heavy atom. The molecule has 0 radical (unpaired) electrons. The van der Waals surface area contributed by atoms with E-state index in [1.165, 1.54) is 0 Å². The summed E-state index contributed by atoms with van der Waals surface area (Å²) in [6, 6.07) is 5.83. The van der Waals surface area contributed by atoms with Crippen LogP contribution in [0.2, 0.25) is 0 Å². The highest BCUT2D eigenvalue weighted by molar-refractivity contribution is 5.23. The van der Waals surface area contributed by atoms with Crippen LogP contribution in [0.5, 0.6) is 11.6 Å². The molecule has 2 rings (SSSR count). The highest BCUT2D eigenvalue weighted by Crippen LogP contribution is 2.18. The second-order valence-corrected chi connectivity index (χ2v) is 5.53. The first-order chi connectivity index (χ1) is 10.2. The summed E-state index contributed by atoms with van der Waals surface area (Å²) in [6.45, 7) is 9.14. The van der Waals surface area contributed by atoms with E-state index in [4.69, 9.17) is 4.74 Å². The van der Waals surface area contributed by atoms with Gasteiger partial charge in [0.2, 0.25) is 5.88 Å². The number of ether oxygens (including phenoxy) is 1. The fourth-order valence-electron chi connectivity index (χ4n) is 1.97. The summed E-state index contributed by atoms with van der Waals surface area (Å²) in [5.41, 5.74) is 0.981. The minimum atomic E-state index is 0.606. The summed E-state index contributed by atoms with van der Waals surface area (Å²) in [4.78, 5) is 4.50. The first-order valence-electron chi connectivity index (χ1n) is 7.54. The first-order valence-corrected chi connectivity index (χ1v) is 7.54. The van der Waals surface area contributed by atoms with E-state index >= 15 is 0 Å². The number of nitrogens with zero attached hydrogens (tertiary/aromatic N) is 3. The zero-order valence-corrected chi connectivity index (χ0v) is 13.0. The quantitative estimate of drug-likeness (QED) is 0.810. The van der Waals surface area contributed by atoms with Crippen molar-refractivity contribution in [1.82, 2.24) is 20.1 Å². The van der Waals surface area contributed by atoms with Crippen molar-refractivity contribution in [1.29, 1.82) is 0 Å². The lowest BCUT2D eigenvalue weighted by atomic mass is 10.2. The third-order valence-corrected chi connectivity index (χ3v) is 2.92. The largest absolute Gasteiger partial charge is 0.436 e. The van der Waals surface area contributed by atoms with E-state index in [1.807, 2.05) is 29.1 Å². The standard InChI is InChI=1S/C16H24N4O/c1-4-8-20-12-15(11-18-20)21-16-7-5-6-14(19-16)10-17-9-13(2)3/h5-7,11-13,17H,4,8-10H2,1-3H3. The molecule has 114 valence electrons. The second kappa shape index (κ2) is 7.78. The number of pyridine rings is 1. The molecule has 0 spiro atoms. The van der Waals surface area contributed by atoms with Gasteiger partial charge in [-0.25, -0.2) is 4.98 Å². The molecule has 0 aliphatic heterocycles. The summed E-state index contributed by atoms with van der Waals surface area (Å²) < 4.78 is 7.63. The summed E-state index contributed by atoms with van der Waals surface area (Å²) >= 11 is 0. The molecule has 21 heavy (non-hydrogen) atoms. The Morgan fingerprint density at radius 3 is 2.95 bits per heavy atom. The lowest BCUT2D eigenvalue weighted by molar-refractivity contribution is 0.457. The Morgan fingerprint density at radius 1 is 1.33 bits per heavy atom. The lowest BCUT2D eigenvalue weighted by Gasteiger charge is -2.08. The fraction of sp³-hybridized carbons (Fsp3) is 0.500. The highest BCUT2D eigenvalue weighted by Gasteiger charge is 2.04. The van der Waals surface area contributed by atoms with E-state index in [-0.39, 0.29) is 0 Å². The topological polar surface area (TPSA) is 52.0 Å². The van der Waals surface area contributed by atoms with Gasteiger partial charge in [-0.2, -0.15) is 5.10 Å². The Hall–Kier alpha value is -1.88. The van der Waals surface area contributed by atoms with Crippen LogP contribution in [0.4, 0.5) is 0 Å². The van der Waals surface area contributed by atoms with Crippen LogP contribution in [0.25, 0.3) is 0 Å². The van der Waals surface area contributed by atoms with Crippen molar-refractivity contribution >= 4 is 0 Å². The normalized spacial score (nSPS) is 11.0. The highest BCUT2D eigenvalue weighted by atomic mass is 16.5. The molecule has 2 aromatic heterocycles. The van der Waals surface area contributed by atoms with Gasteiger partial charge < -0.3 is 10.1 Å². The number of nitrogens with one attached hydrogen (secondary N) is 1. The summed E-state index contributed by atoms with van der Waals surface area (Å²) in [5, 5.41) is 7.62. The third-order valence-electron chi connectivity index (χ3n) is 2.92. The minimum absolute atomic E-state index is 0.606. The number of rotatable bonds is 8. The van der Waals surface area contributed by atoms with Crippen molar-refractivity contribution in [2.75, 3.05) is 6.54 Å². The Balaban J connectivity index is 1.93. The smallest absolute Gasteiger partial charge is 0.219 e. The average Bonchev–Trinajstić information content (AvgIpc) is 2.86. The molecule has 0 saturated carbocycles. The Labute approximate surface area is 126 Å². The minimum Gasteiger partial charge on any atom is -0.436 e. The molecule has 2 aromatic rings. The first kappa shape index (κ1) is 15.5. The number of aryl methyl sites for hydroxylation is 1. The van der Waals surface area contributed by atoms with Gasteiger partial charge in [0.15, 0.2) is 5.75 Å². The number of hydrogen-bond donors (Lipinski definition) is 1.